The van der Waals surface area contributed by atoms with E-state index in [-0.39, 0.29) is 10.8 Å². The minimum atomic E-state index is -3.57. The molecular weight excluding hydrogens is 422 g/mol. The molecule has 1 amide bonds. The van der Waals surface area contributed by atoms with E-state index in [9.17, 15) is 13.2 Å². The maximum Gasteiger partial charge on any atom is 0.251 e. The van der Waals surface area contributed by atoms with Gasteiger partial charge in [-0.3, -0.25) is 9.78 Å². The van der Waals surface area contributed by atoms with Crippen molar-refractivity contribution in [1.82, 2.24) is 14.6 Å². The number of nitrogens with one attached hydrogen (secondary N) is 1. The lowest BCUT2D eigenvalue weighted by Crippen LogP contribution is -2.40. The summed E-state index contributed by atoms with van der Waals surface area (Å²) in [6.07, 6.45) is 3.51. The summed E-state index contributed by atoms with van der Waals surface area (Å²) in [7, 11) is -3.57. The summed E-state index contributed by atoms with van der Waals surface area (Å²) < 4.78 is 32.0. The van der Waals surface area contributed by atoms with Crippen molar-refractivity contribution in [2.45, 2.75) is 11.4 Å². The second-order valence-electron chi connectivity index (χ2n) is 6.82. The number of ether oxygens (including phenoxy) is 1. The smallest absolute Gasteiger partial charge is 0.251 e. The molecule has 0 radical (unpaired) electrons. The molecule has 0 bridgehead atoms. The molecule has 0 spiro atoms. The fraction of sp³-hybridized carbons (Fsp3) is 0.238. The predicted molar refractivity (Wildman–Crippen MR) is 115 cm³/mol. The molecule has 7 nitrogen and oxygen atoms in total. The van der Waals surface area contributed by atoms with Crippen molar-refractivity contribution in [1.29, 1.82) is 0 Å². The molecule has 0 atom stereocenters. The number of sulfonamides is 1. The molecule has 4 rings (SSSR count). The van der Waals surface area contributed by atoms with Crippen LogP contribution in [0.5, 0.6) is 0 Å². The Morgan fingerprint density at radius 3 is 2.57 bits per heavy atom. The summed E-state index contributed by atoms with van der Waals surface area (Å²) >= 11 is 1.62. The lowest BCUT2D eigenvalue weighted by molar-refractivity contribution is 0.0730. The number of carbonyl (C=O) groups excluding carboxylic acids is 1. The number of hydrogen-bond donors (Lipinski definition) is 1. The molecule has 3 aromatic rings. The standard InChI is InChI=1S/C21H21N3O4S2/c25-21(23-13-16-11-19(14-22-12-16)18-5-10-29-15-18)17-1-3-20(4-2-17)30(26,27)24-6-8-28-9-7-24/h1-5,10-12,14-15H,6-9,13H2,(H,23,25). The van der Waals surface area contributed by atoms with Crippen molar-refractivity contribution in [3.63, 3.8) is 0 Å². The molecule has 1 aromatic carbocycles. The summed E-state index contributed by atoms with van der Waals surface area (Å²) in [4.78, 5) is 16.9. The van der Waals surface area contributed by atoms with Crippen LogP contribution in [-0.2, 0) is 21.3 Å². The highest BCUT2D eigenvalue weighted by Crippen LogP contribution is 2.22. The van der Waals surface area contributed by atoms with E-state index in [1.807, 2.05) is 22.9 Å². The number of rotatable bonds is 6. The van der Waals surface area contributed by atoms with Gasteiger partial charge >= 0.3 is 0 Å². The number of pyridine rings is 1. The van der Waals surface area contributed by atoms with Crippen LogP contribution in [0.4, 0.5) is 0 Å². The zero-order valence-electron chi connectivity index (χ0n) is 16.2. The molecule has 1 fully saturated rings. The van der Waals surface area contributed by atoms with E-state index < -0.39 is 10.0 Å². The Bertz CT molecular complexity index is 1110. The molecule has 9 heteroatoms. The number of nitrogens with zero attached hydrogens (tertiary/aromatic N) is 2. The normalized spacial score (nSPS) is 15.1. The second kappa shape index (κ2) is 9.05. The highest BCUT2D eigenvalue weighted by atomic mass is 32.2. The van der Waals surface area contributed by atoms with E-state index in [0.29, 0.717) is 38.4 Å². The molecule has 30 heavy (non-hydrogen) atoms. The van der Waals surface area contributed by atoms with Gasteiger partial charge in [-0.25, -0.2) is 8.42 Å². The molecule has 0 aliphatic carbocycles. The van der Waals surface area contributed by atoms with Gasteiger partial charge < -0.3 is 10.1 Å². The molecule has 1 saturated heterocycles. The van der Waals surface area contributed by atoms with Crippen LogP contribution in [0.1, 0.15) is 15.9 Å². The van der Waals surface area contributed by atoms with Gasteiger partial charge in [0.2, 0.25) is 10.0 Å². The molecule has 1 aliphatic rings. The van der Waals surface area contributed by atoms with E-state index in [1.54, 1.807) is 23.7 Å². The second-order valence-corrected chi connectivity index (χ2v) is 9.54. The summed E-state index contributed by atoms with van der Waals surface area (Å²) in [6.45, 7) is 1.79. The SMILES string of the molecule is O=C(NCc1cncc(-c2ccsc2)c1)c1ccc(S(=O)(=O)N2CCOCC2)cc1. The minimum Gasteiger partial charge on any atom is -0.379 e. The quantitative estimate of drug-likeness (QED) is 0.633. The van der Waals surface area contributed by atoms with Gasteiger partial charge in [-0.1, -0.05) is 0 Å². The van der Waals surface area contributed by atoms with Crippen molar-refractivity contribution in [3.05, 3.63) is 70.7 Å². The minimum absolute atomic E-state index is 0.175. The van der Waals surface area contributed by atoms with Crippen LogP contribution < -0.4 is 5.32 Å². The van der Waals surface area contributed by atoms with Crippen LogP contribution in [0.25, 0.3) is 11.1 Å². The average molecular weight is 444 g/mol. The van der Waals surface area contributed by atoms with E-state index >= 15 is 0 Å². The molecule has 2 aromatic heterocycles. The first-order valence-corrected chi connectivity index (χ1v) is 11.8. The van der Waals surface area contributed by atoms with Crippen molar-refractivity contribution in [2.75, 3.05) is 26.3 Å². The van der Waals surface area contributed by atoms with Crippen molar-refractivity contribution in [3.8, 4) is 11.1 Å². The third-order valence-corrected chi connectivity index (χ3v) is 7.42. The lowest BCUT2D eigenvalue weighted by Gasteiger charge is -2.26. The Morgan fingerprint density at radius 1 is 1.10 bits per heavy atom. The highest BCUT2D eigenvalue weighted by molar-refractivity contribution is 7.89. The van der Waals surface area contributed by atoms with Gasteiger partial charge in [0, 0.05) is 43.2 Å². The number of morpholine rings is 1. The fourth-order valence-corrected chi connectivity index (χ4v) is 5.24. The van der Waals surface area contributed by atoms with E-state index in [2.05, 4.69) is 10.3 Å². The van der Waals surface area contributed by atoms with Gasteiger partial charge in [-0.05, 0) is 58.3 Å². The molecular formula is C21H21N3O4S2. The van der Waals surface area contributed by atoms with Gasteiger partial charge in [0.15, 0.2) is 0 Å². The molecule has 3 heterocycles. The van der Waals surface area contributed by atoms with Gasteiger partial charge in [0.05, 0.1) is 18.1 Å². The fourth-order valence-electron chi connectivity index (χ4n) is 3.17. The Kier molecular flexibility index (Phi) is 6.24. The first-order chi connectivity index (χ1) is 14.5. The summed E-state index contributed by atoms with van der Waals surface area (Å²) in [6, 6.07) is 10.0. The number of amides is 1. The number of thiophene rings is 1. The first kappa shape index (κ1) is 20.7. The number of hydrogen-bond acceptors (Lipinski definition) is 6. The highest BCUT2D eigenvalue weighted by Gasteiger charge is 2.26. The zero-order chi connectivity index (χ0) is 21.0. The van der Waals surface area contributed by atoms with E-state index in [4.69, 9.17) is 4.74 Å². The zero-order valence-corrected chi connectivity index (χ0v) is 17.8. The lowest BCUT2D eigenvalue weighted by atomic mass is 10.1. The van der Waals surface area contributed by atoms with Crippen molar-refractivity contribution >= 4 is 27.3 Å². The van der Waals surface area contributed by atoms with E-state index in [1.165, 1.54) is 28.6 Å². The van der Waals surface area contributed by atoms with Crippen LogP contribution >= 0.6 is 11.3 Å². The third-order valence-electron chi connectivity index (χ3n) is 4.83. The van der Waals surface area contributed by atoms with Gasteiger partial charge in [0.25, 0.3) is 5.91 Å². The van der Waals surface area contributed by atoms with Gasteiger partial charge in [-0.2, -0.15) is 15.6 Å². The molecule has 0 unspecified atom stereocenters. The third kappa shape index (κ3) is 4.59. The van der Waals surface area contributed by atoms with Crippen LogP contribution in [0.2, 0.25) is 0 Å². The Labute approximate surface area is 179 Å². The summed E-state index contributed by atoms with van der Waals surface area (Å²) in [5.41, 5.74) is 3.38. The van der Waals surface area contributed by atoms with E-state index in [0.717, 1.165) is 16.7 Å². The monoisotopic (exact) mass is 443 g/mol. The molecule has 0 saturated carbocycles. The Hall–Kier alpha value is -2.59. The maximum atomic E-state index is 12.7. The Balaban J connectivity index is 1.40. The molecule has 1 aliphatic heterocycles. The Morgan fingerprint density at radius 2 is 1.87 bits per heavy atom. The van der Waals surface area contributed by atoms with Crippen LogP contribution in [0.15, 0.2) is 64.4 Å². The number of carbonyl (C=O) groups is 1. The number of benzene rings is 1. The molecule has 156 valence electrons. The maximum absolute atomic E-state index is 12.7. The van der Waals surface area contributed by atoms with Crippen molar-refractivity contribution < 1.29 is 17.9 Å². The van der Waals surface area contributed by atoms with Gasteiger partial charge in [0.1, 0.15) is 0 Å². The predicted octanol–water partition coefficient (Wildman–Crippen LogP) is 2.76. The number of aromatic nitrogens is 1. The summed E-state index contributed by atoms with van der Waals surface area (Å²) in [5, 5.41) is 6.91. The molecule has 1 N–H and O–H groups in total. The first-order valence-electron chi connectivity index (χ1n) is 9.47. The summed E-state index contributed by atoms with van der Waals surface area (Å²) in [5.74, 6) is -0.272. The van der Waals surface area contributed by atoms with Gasteiger partial charge in [-0.15, -0.1) is 0 Å². The van der Waals surface area contributed by atoms with Crippen LogP contribution in [0, 0.1) is 0 Å². The van der Waals surface area contributed by atoms with Crippen LogP contribution in [-0.4, -0.2) is 49.9 Å². The average Bonchev–Trinajstić information content (AvgIpc) is 3.33. The largest absolute Gasteiger partial charge is 0.379 e. The topological polar surface area (TPSA) is 88.6 Å². The van der Waals surface area contributed by atoms with Crippen LogP contribution in [0.3, 0.4) is 0 Å². The van der Waals surface area contributed by atoms with Crippen molar-refractivity contribution in [2.24, 2.45) is 0 Å².